The van der Waals surface area contributed by atoms with Crippen LogP contribution < -0.4 is 14.8 Å². The van der Waals surface area contributed by atoms with Crippen LogP contribution >= 0.6 is 0 Å². The van der Waals surface area contributed by atoms with Gasteiger partial charge in [-0.3, -0.25) is 4.79 Å². The summed E-state index contributed by atoms with van der Waals surface area (Å²) in [6.45, 7) is 2.72. The number of nitrogens with one attached hydrogen (secondary N) is 1. The van der Waals surface area contributed by atoms with Crippen LogP contribution in [0.5, 0.6) is 11.5 Å². The van der Waals surface area contributed by atoms with Crippen LogP contribution in [0.15, 0.2) is 18.2 Å². The Balaban J connectivity index is 2.07. The number of amides is 2. The highest BCUT2D eigenvalue weighted by Crippen LogP contribution is 2.30. The van der Waals surface area contributed by atoms with E-state index in [1.165, 1.54) is 14.2 Å². The molecule has 0 spiro atoms. The average Bonchev–Trinajstić information content (AvgIpc) is 2.53. The molecule has 0 radical (unpaired) electrons. The van der Waals surface area contributed by atoms with E-state index in [9.17, 15) is 14.7 Å². The highest BCUT2D eigenvalue weighted by atomic mass is 16.5. The third kappa shape index (κ3) is 4.06. The van der Waals surface area contributed by atoms with Crippen molar-refractivity contribution in [1.82, 2.24) is 4.90 Å². The predicted octanol–water partition coefficient (Wildman–Crippen LogP) is 2.28. The maximum Gasteiger partial charge on any atom is 0.321 e. The molecule has 2 unspecified atom stereocenters. The smallest absolute Gasteiger partial charge is 0.321 e. The number of urea groups is 1. The number of carbonyl (C=O) groups excluding carboxylic acids is 1. The summed E-state index contributed by atoms with van der Waals surface area (Å²) in [6, 6.07) is 4.77. The molecule has 1 fully saturated rings. The van der Waals surface area contributed by atoms with Crippen LogP contribution in [0.3, 0.4) is 0 Å². The Hall–Kier alpha value is -2.44. The highest BCUT2D eigenvalue weighted by molar-refractivity contribution is 5.90. The van der Waals surface area contributed by atoms with E-state index in [1.54, 1.807) is 23.1 Å². The predicted molar refractivity (Wildman–Crippen MR) is 85.0 cm³/mol. The summed E-state index contributed by atoms with van der Waals surface area (Å²) >= 11 is 0. The number of piperidine rings is 1. The minimum atomic E-state index is -0.861. The zero-order valence-corrected chi connectivity index (χ0v) is 13.5. The van der Waals surface area contributed by atoms with Gasteiger partial charge in [0.05, 0.1) is 20.1 Å². The number of likely N-dealkylation sites (tertiary alicyclic amines) is 1. The lowest BCUT2D eigenvalue weighted by Gasteiger charge is -2.34. The first kappa shape index (κ1) is 16.9. The van der Waals surface area contributed by atoms with Crippen molar-refractivity contribution in [1.29, 1.82) is 0 Å². The molecule has 126 valence electrons. The summed E-state index contributed by atoms with van der Waals surface area (Å²) < 4.78 is 10.4. The van der Waals surface area contributed by atoms with Crippen molar-refractivity contribution in [3.8, 4) is 11.5 Å². The summed E-state index contributed by atoms with van der Waals surface area (Å²) in [7, 11) is 3.06. The van der Waals surface area contributed by atoms with E-state index >= 15 is 0 Å². The van der Waals surface area contributed by atoms with Gasteiger partial charge in [-0.05, 0) is 24.5 Å². The number of carboxylic acids is 1. The van der Waals surface area contributed by atoms with Gasteiger partial charge in [-0.25, -0.2) is 4.79 Å². The molecule has 2 atom stereocenters. The van der Waals surface area contributed by atoms with E-state index in [4.69, 9.17) is 9.47 Å². The lowest BCUT2D eigenvalue weighted by molar-refractivity contribution is -0.143. The number of hydrogen-bond donors (Lipinski definition) is 2. The second kappa shape index (κ2) is 7.21. The number of methoxy groups -OCH3 is 2. The van der Waals surface area contributed by atoms with Crippen LogP contribution in [-0.2, 0) is 4.79 Å². The van der Waals surface area contributed by atoms with E-state index in [0.29, 0.717) is 30.2 Å². The Bertz CT molecular complexity index is 590. The number of carbonyl (C=O) groups is 2. The first-order chi connectivity index (χ1) is 10.9. The van der Waals surface area contributed by atoms with E-state index in [1.807, 2.05) is 6.92 Å². The quantitative estimate of drug-likeness (QED) is 0.888. The zero-order valence-electron chi connectivity index (χ0n) is 13.5. The fraction of sp³-hybridized carbons (Fsp3) is 0.500. The monoisotopic (exact) mass is 322 g/mol. The van der Waals surface area contributed by atoms with Crippen LogP contribution in [0.2, 0.25) is 0 Å². The molecule has 0 saturated carbocycles. The molecule has 2 amide bonds. The molecule has 7 nitrogen and oxygen atoms in total. The number of carboxylic acid groups (broad SMARTS) is 1. The molecule has 1 saturated heterocycles. The van der Waals surface area contributed by atoms with Gasteiger partial charge in [0.2, 0.25) is 0 Å². The molecule has 1 aromatic carbocycles. The number of aliphatic carboxylic acids is 1. The van der Waals surface area contributed by atoms with Crippen molar-refractivity contribution in [2.45, 2.75) is 13.3 Å². The van der Waals surface area contributed by atoms with Gasteiger partial charge in [0.15, 0.2) is 11.5 Å². The maximum atomic E-state index is 12.4. The molecule has 23 heavy (non-hydrogen) atoms. The Kier molecular flexibility index (Phi) is 5.31. The minimum Gasteiger partial charge on any atom is -0.493 e. The number of nitrogens with zero attached hydrogens (tertiary/aromatic N) is 1. The van der Waals surface area contributed by atoms with Crippen molar-refractivity contribution in [3.63, 3.8) is 0 Å². The lowest BCUT2D eigenvalue weighted by Crippen LogP contribution is -2.47. The van der Waals surface area contributed by atoms with Gasteiger partial charge in [-0.1, -0.05) is 6.92 Å². The number of benzene rings is 1. The van der Waals surface area contributed by atoms with Crippen molar-refractivity contribution >= 4 is 17.7 Å². The Morgan fingerprint density at radius 2 is 1.91 bits per heavy atom. The van der Waals surface area contributed by atoms with Gasteiger partial charge < -0.3 is 24.8 Å². The fourth-order valence-electron chi connectivity index (χ4n) is 2.81. The molecule has 7 heteroatoms. The first-order valence-electron chi connectivity index (χ1n) is 7.45. The third-order valence-electron chi connectivity index (χ3n) is 3.93. The summed E-state index contributed by atoms with van der Waals surface area (Å²) in [5, 5.41) is 12.0. The van der Waals surface area contributed by atoms with Crippen molar-refractivity contribution in [2.75, 3.05) is 32.6 Å². The summed E-state index contributed by atoms with van der Waals surface area (Å²) in [6.07, 6.45) is 0.593. The van der Waals surface area contributed by atoms with Crippen LogP contribution in [-0.4, -0.2) is 49.3 Å². The second-order valence-corrected chi connectivity index (χ2v) is 5.78. The van der Waals surface area contributed by atoms with Crippen molar-refractivity contribution in [3.05, 3.63) is 18.2 Å². The number of ether oxygens (including phenoxy) is 2. The van der Waals surface area contributed by atoms with E-state index < -0.39 is 11.9 Å². The normalized spacial score (nSPS) is 20.7. The first-order valence-corrected chi connectivity index (χ1v) is 7.45. The Morgan fingerprint density at radius 3 is 2.52 bits per heavy atom. The van der Waals surface area contributed by atoms with Gasteiger partial charge in [0.25, 0.3) is 0 Å². The SMILES string of the molecule is COc1ccc(NC(=O)N2CC(C)CC(C(=O)O)C2)cc1OC. The maximum absolute atomic E-state index is 12.4. The van der Waals surface area contributed by atoms with Crippen molar-refractivity contribution in [2.24, 2.45) is 11.8 Å². The van der Waals surface area contributed by atoms with Gasteiger partial charge >= 0.3 is 12.0 Å². The lowest BCUT2D eigenvalue weighted by atomic mass is 9.91. The molecular weight excluding hydrogens is 300 g/mol. The summed E-state index contributed by atoms with van der Waals surface area (Å²) in [4.78, 5) is 25.1. The summed E-state index contributed by atoms with van der Waals surface area (Å²) in [5.41, 5.74) is 0.567. The fourth-order valence-corrected chi connectivity index (χ4v) is 2.81. The van der Waals surface area contributed by atoms with Crippen LogP contribution in [0, 0.1) is 11.8 Å². The highest BCUT2D eigenvalue weighted by Gasteiger charge is 2.31. The molecule has 0 aliphatic carbocycles. The number of hydrogen-bond acceptors (Lipinski definition) is 4. The third-order valence-corrected chi connectivity index (χ3v) is 3.93. The summed E-state index contributed by atoms with van der Waals surface area (Å²) in [5.74, 6) is -0.139. The van der Waals surface area contributed by atoms with E-state index in [-0.39, 0.29) is 18.5 Å². The van der Waals surface area contributed by atoms with Crippen LogP contribution in [0.1, 0.15) is 13.3 Å². The largest absolute Gasteiger partial charge is 0.493 e. The molecule has 1 heterocycles. The molecule has 1 aliphatic heterocycles. The van der Waals surface area contributed by atoms with E-state index in [2.05, 4.69) is 5.32 Å². The van der Waals surface area contributed by atoms with Gasteiger partial charge in [-0.2, -0.15) is 0 Å². The number of rotatable bonds is 4. The molecule has 2 rings (SSSR count). The second-order valence-electron chi connectivity index (χ2n) is 5.78. The average molecular weight is 322 g/mol. The molecule has 0 aromatic heterocycles. The minimum absolute atomic E-state index is 0.154. The zero-order chi connectivity index (χ0) is 17.0. The number of anilines is 1. The van der Waals surface area contributed by atoms with Gasteiger partial charge in [-0.15, -0.1) is 0 Å². The van der Waals surface area contributed by atoms with Crippen molar-refractivity contribution < 1.29 is 24.2 Å². The van der Waals surface area contributed by atoms with Crippen LogP contribution in [0.25, 0.3) is 0 Å². The molecule has 1 aromatic rings. The van der Waals surface area contributed by atoms with Crippen LogP contribution in [0.4, 0.5) is 10.5 Å². The topological polar surface area (TPSA) is 88.1 Å². The van der Waals surface area contributed by atoms with Gasteiger partial charge in [0, 0.05) is 24.8 Å². The van der Waals surface area contributed by atoms with Gasteiger partial charge in [0.1, 0.15) is 0 Å². The van der Waals surface area contributed by atoms with E-state index in [0.717, 1.165) is 0 Å². The Labute approximate surface area is 135 Å². The molecule has 2 N–H and O–H groups in total. The molecule has 1 aliphatic rings. The molecular formula is C16H22N2O5. The Morgan fingerprint density at radius 1 is 1.22 bits per heavy atom. The standard InChI is InChI=1S/C16H22N2O5/c1-10-6-11(15(19)20)9-18(8-10)16(21)17-12-4-5-13(22-2)14(7-12)23-3/h4-5,7,10-11H,6,8-9H2,1-3H3,(H,17,21)(H,19,20). The molecule has 0 bridgehead atoms.